The summed E-state index contributed by atoms with van der Waals surface area (Å²) >= 11 is 1.66. The summed E-state index contributed by atoms with van der Waals surface area (Å²) in [7, 11) is 5.28. The van der Waals surface area contributed by atoms with E-state index in [4.69, 9.17) is 4.98 Å². The van der Waals surface area contributed by atoms with Crippen molar-refractivity contribution in [1.82, 2.24) is 20.5 Å². The van der Waals surface area contributed by atoms with Crippen molar-refractivity contribution in [2.24, 2.45) is 4.99 Å². The number of guanidine groups is 1. The average molecular weight is 402 g/mol. The Labute approximate surface area is 172 Å². The van der Waals surface area contributed by atoms with Gasteiger partial charge in [0, 0.05) is 44.0 Å². The first kappa shape index (κ1) is 21.9. The molecule has 2 N–H and O–H groups in total. The molecule has 0 aliphatic carbocycles. The molecule has 152 valence electrons. The lowest BCUT2D eigenvalue weighted by atomic mass is 9.93. The molecule has 1 amide bonds. The number of nitrogens with one attached hydrogen (secondary N) is 2. The van der Waals surface area contributed by atoms with Gasteiger partial charge in [-0.2, -0.15) is 0 Å². The lowest BCUT2D eigenvalue weighted by Gasteiger charge is -2.14. The van der Waals surface area contributed by atoms with Crippen LogP contribution in [0.4, 0.5) is 0 Å². The van der Waals surface area contributed by atoms with Crippen LogP contribution in [0.5, 0.6) is 0 Å². The van der Waals surface area contributed by atoms with E-state index < -0.39 is 0 Å². The number of benzene rings is 1. The van der Waals surface area contributed by atoms with Crippen molar-refractivity contribution in [3.05, 3.63) is 51.5 Å². The Kier molecular flexibility index (Phi) is 7.57. The van der Waals surface area contributed by atoms with Crippen LogP contribution in [-0.2, 0) is 18.4 Å². The number of amides is 1. The van der Waals surface area contributed by atoms with Gasteiger partial charge in [-0.05, 0) is 24.1 Å². The minimum absolute atomic E-state index is 0.0189. The Morgan fingerprint density at radius 1 is 1.25 bits per heavy atom. The third-order valence-electron chi connectivity index (χ3n) is 4.24. The lowest BCUT2D eigenvalue weighted by Crippen LogP contribution is -2.37. The number of carbonyl (C=O) groups is 1. The van der Waals surface area contributed by atoms with Gasteiger partial charge in [-0.15, -0.1) is 11.3 Å². The maximum Gasteiger partial charge on any atom is 0.253 e. The highest BCUT2D eigenvalue weighted by molar-refractivity contribution is 7.09. The van der Waals surface area contributed by atoms with Crippen molar-refractivity contribution in [2.45, 2.75) is 39.2 Å². The molecule has 1 aromatic carbocycles. The van der Waals surface area contributed by atoms with Crippen molar-refractivity contribution < 1.29 is 4.79 Å². The number of hydrogen-bond acceptors (Lipinski definition) is 4. The normalized spacial score (nSPS) is 12.0. The van der Waals surface area contributed by atoms with E-state index in [9.17, 15) is 4.79 Å². The molecule has 0 spiro atoms. The highest BCUT2D eigenvalue weighted by atomic mass is 32.1. The molecule has 0 aliphatic rings. The predicted molar refractivity (Wildman–Crippen MR) is 117 cm³/mol. The number of thiazole rings is 1. The van der Waals surface area contributed by atoms with E-state index in [-0.39, 0.29) is 11.3 Å². The molecule has 2 aromatic rings. The molecule has 0 unspecified atom stereocenters. The third-order valence-corrected chi connectivity index (χ3v) is 5.09. The van der Waals surface area contributed by atoms with Gasteiger partial charge in [0.05, 0.1) is 12.2 Å². The molecule has 7 heteroatoms. The van der Waals surface area contributed by atoms with Crippen LogP contribution >= 0.6 is 11.3 Å². The summed E-state index contributed by atoms with van der Waals surface area (Å²) in [6.07, 6.45) is 0.806. The first-order valence-corrected chi connectivity index (χ1v) is 10.3. The summed E-state index contributed by atoms with van der Waals surface area (Å²) in [5.41, 5.74) is 3.01. The smallest absolute Gasteiger partial charge is 0.253 e. The van der Waals surface area contributed by atoms with Crippen LogP contribution in [0.3, 0.4) is 0 Å². The molecular weight excluding hydrogens is 370 g/mol. The van der Waals surface area contributed by atoms with Gasteiger partial charge in [0.25, 0.3) is 5.91 Å². The quantitative estimate of drug-likeness (QED) is 0.577. The van der Waals surface area contributed by atoms with Crippen LogP contribution in [0.25, 0.3) is 0 Å². The topological polar surface area (TPSA) is 69.6 Å². The van der Waals surface area contributed by atoms with Gasteiger partial charge in [0.1, 0.15) is 5.01 Å². The van der Waals surface area contributed by atoms with E-state index in [0.717, 1.165) is 35.2 Å². The molecule has 1 heterocycles. The molecule has 0 bridgehead atoms. The van der Waals surface area contributed by atoms with E-state index in [1.54, 1.807) is 37.4 Å². The number of rotatable bonds is 6. The van der Waals surface area contributed by atoms with Gasteiger partial charge in [0.2, 0.25) is 0 Å². The molecule has 0 aliphatic heterocycles. The van der Waals surface area contributed by atoms with Gasteiger partial charge in [-0.1, -0.05) is 32.9 Å². The first-order valence-electron chi connectivity index (χ1n) is 9.40. The van der Waals surface area contributed by atoms with Gasteiger partial charge >= 0.3 is 0 Å². The fraction of sp³-hybridized carbons (Fsp3) is 0.476. The largest absolute Gasteiger partial charge is 0.356 e. The van der Waals surface area contributed by atoms with Crippen molar-refractivity contribution in [1.29, 1.82) is 0 Å². The van der Waals surface area contributed by atoms with Crippen molar-refractivity contribution >= 4 is 23.2 Å². The van der Waals surface area contributed by atoms with Crippen LogP contribution in [0.1, 0.15) is 47.4 Å². The van der Waals surface area contributed by atoms with Crippen LogP contribution in [0.15, 0.2) is 34.6 Å². The van der Waals surface area contributed by atoms with Crippen molar-refractivity contribution in [3.63, 3.8) is 0 Å². The van der Waals surface area contributed by atoms with E-state index in [0.29, 0.717) is 12.1 Å². The second-order valence-electron chi connectivity index (χ2n) is 7.88. The van der Waals surface area contributed by atoms with Crippen LogP contribution < -0.4 is 10.6 Å². The molecule has 1 aromatic heterocycles. The van der Waals surface area contributed by atoms with Gasteiger partial charge in [0.15, 0.2) is 5.96 Å². The van der Waals surface area contributed by atoms with Crippen LogP contribution in [0, 0.1) is 0 Å². The summed E-state index contributed by atoms with van der Waals surface area (Å²) in [5.74, 6) is 0.762. The number of nitrogens with zero attached hydrogens (tertiary/aromatic N) is 3. The molecule has 6 nitrogen and oxygen atoms in total. The minimum atomic E-state index is 0.0189. The molecular formula is C21H31N5OS. The maximum absolute atomic E-state index is 12.1. The standard InChI is InChI=1S/C21H31N5OS/c1-21(2,3)17-14-28-18(25-17)13-24-20(22-4)23-11-10-15-8-7-9-16(12-15)19(27)26(5)6/h7-9,12,14H,10-11,13H2,1-6H3,(H2,22,23,24). The average Bonchev–Trinajstić information content (AvgIpc) is 3.13. The second kappa shape index (κ2) is 9.68. The number of aliphatic imine (C=N–C) groups is 1. The SMILES string of the molecule is CN=C(NCCc1cccc(C(=O)N(C)C)c1)NCc1nc(C(C)(C)C)cs1. The Balaban J connectivity index is 1.84. The fourth-order valence-corrected chi connectivity index (χ4v) is 3.52. The lowest BCUT2D eigenvalue weighted by molar-refractivity contribution is 0.0827. The van der Waals surface area contributed by atoms with Gasteiger partial charge in [-0.25, -0.2) is 4.98 Å². The van der Waals surface area contributed by atoms with Crippen molar-refractivity contribution in [3.8, 4) is 0 Å². The number of carbonyl (C=O) groups excluding carboxylic acids is 1. The molecule has 0 saturated heterocycles. The Hall–Kier alpha value is -2.41. The van der Waals surface area contributed by atoms with E-state index in [1.165, 1.54) is 0 Å². The number of hydrogen-bond donors (Lipinski definition) is 2. The van der Waals surface area contributed by atoms with Crippen LogP contribution in [0.2, 0.25) is 0 Å². The van der Waals surface area contributed by atoms with Gasteiger partial charge in [-0.3, -0.25) is 9.79 Å². The van der Waals surface area contributed by atoms with Crippen molar-refractivity contribution in [2.75, 3.05) is 27.7 Å². The minimum Gasteiger partial charge on any atom is -0.356 e. The summed E-state index contributed by atoms with van der Waals surface area (Å²) in [6, 6.07) is 7.76. The molecule has 0 radical (unpaired) electrons. The zero-order chi connectivity index (χ0) is 20.7. The Morgan fingerprint density at radius 2 is 2.00 bits per heavy atom. The highest BCUT2D eigenvalue weighted by Gasteiger charge is 2.17. The molecule has 0 atom stereocenters. The Bertz CT molecular complexity index is 820. The Morgan fingerprint density at radius 3 is 2.61 bits per heavy atom. The summed E-state index contributed by atoms with van der Waals surface area (Å²) < 4.78 is 0. The molecule has 2 rings (SSSR count). The third kappa shape index (κ3) is 6.34. The second-order valence-corrected chi connectivity index (χ2v) is 8.82. The zero-order valence-electron chi connectivity index (χ0n) is 17.7. The molecule has 0 fully saturated rings. The highest BCUT2D eigenvalue weighted by Crippen LogP contribution is 2.23. The summed E-state index contributed by atoms with van der Waals surface area (Å²) in [5, 5.41) is 9.79. The molecule has 28 heavy (non-hydrogen) atoms. The monoisotopic (exact) mass is 401 g/mol. The van der Waals surface area contributed by atoms with E-state index >= 15 is 0 Å². The first-order chi connectivity index (χ1) is 13.2. The van der Waals surface area contributed by atoms with E-state index in [2.05, 4.69) is 41.8 Å². The predicted octanol–water partition coefficient (Wildman–Crippen LogP) is 3.05. The zero-order valence-corrected chi connectivity index (χ0v) is 18.5. The summed E-state index contributed by atoms with van der Waals surface area (Å²) in [6.45, 7) is 7.88. The maximum atomic E-state index is 12.1. The van der Waals surface area contributed by atoms with Crippen LogP contribution in [-0.4, -0.2) is 49.4 Å². The fourth-order valence-electron chi connectivity index (χ4n) is 2.56. The number of aromatic nitrogens is 1. The molecule has 0 saturated carbocycles. The summed E-state index contributed by atoms with van der Waals surface area (Å²) in [4.78, 5) is 22.6. The van der Waals surface area contributed by atoms with E-state index in [1.807, 2.05) is 24.3 Å². The van der Waals surface area contributed by atoms with Gasteiger partial charge < -0.3 is 15.5 Å².